The normalized spacial score (nSPS) is 13.8. The third-order valence-electron chi connectivity index (χ3n) is 5.79. The van der Waals surface area contributed by atoms with E-state index in [4.69, 9.17) is 16.7 Å². The van der Waals surface area contributed by atoms with Gasteiger partial charge in [-0.05, 0) is 45.0 Å². The first-order valence-electron chi connectivity index (χ1n) is 11.4. The molecule has 3 aromatic rings. The maximum atomic E-state index is 12.2. The molecule has 1 aliphatic heterocycles. The van der Waals surface area contributed by atoms with Crippen LogP contribution < -0.4 is 16.0 Å². The van der Waals surface area contributed by atoms with Crippen molar-refractivity contribution in [3.05, 3.63) is 58.9 Å². The van der Waals surface area contributed by atoms with Crippen LogP contribution in [0.5, 0.6) is 0 Å². The molecule has 1 amide bonds. The van der Waals surface area contributed by atoms with Crippen molar-refractivity contribution in [3.63, 3.8) is 0 Å². The molecule has 1 aliphatic rings. The number of rotatable bonds is 9. The Morgan fingerprint density at radius 3 is 2.67 bits per heavy atom. The minimum atomic E-state index is -0.171. The van der Waals surface area contributed by atoms with Crippen molar-refractivity contribution in [2.24, 2.45) is 0 Å². The first-order valence-corrected chi connectivity index (χ1v) is 11.7. The SMILES string of the molecule is CCn1nc(CCN2CCCC2)cc1Nc1cc(Nc2ccccc2C(=O)NC)c(Cl)cn1. The lowest BCUT2D eigenvalue weighted by Gasteiger charge is -2.14. The number of carbonyl (C=O) groups excluding carboxylic acids is 1. The van der Waals surface area contributed by atoms with Gasteiger partial charge in [-0.2, -0.15) is 5.10 Å². The van der Waals surface area contributed by atoms with Gasteiger partial charge in [-0.3, -0.25) is 4.79 Å². The third kappa shape index (κ3) is 5.64. The van der Waals surface area contributed by atoms with Crippen LogP contribution >= 0.6 is 11.6 Å². The van der Waals surface area contributed by atoms with Gasteiger partial charge >= 0.3 is 0 Å². The molecule has 0 unspecified atom stereocenters. The lowest BCUT2D eigenvalue weighted by atomic mass is 10.1. The summed E-state index contributed by atoms with van der Waals surface area (Å²) in [5, 5.41) is 14.5. The van der Waals surface area contributed by atoms with Crippen molar-refractivity contribution in [3.8, 4) is 0 Å². The fourth-order valence-electron chi connectivity index (χ4n) is 4.02. The van der Waals surface area contributed by atoms with Crippen molar-refractivity contribution < 1.29 is 4.79 Å². The maximum absolute atomic E-state index is 12.2. The smallest absolute Gasteiger partial charge is 0.253 e. The molecule has 0 spiro atoms. The Hall–Kier alpha value is -3.10. The van der Waals surface area contributed by atoms with E-state index >= 15 is 0 Å². The summed E-state index contributed by atoms with van der Waals surface area (Å²) >= 11 is 6.41. The zero-order valence-corrected chi connectivity index (χ0v) is 19.8. The van der Waals surface area contributed by atoms with Crippen molar-refractivity contribution in [2.45, 2.75) is 32.7 Å². The van der Waals surface area contributed by atoms with Gasteiger partial charge in [0.25, 0.3) is 5.91 Å². The highest BCUT2D eigenvalue weighted by atomic mass is 35.5. The molecule has 0 aliphatic carbocycles. The minimum absolute atomic E-state index is 0.171. The number of pyridine rings is 1. The molecule has 0 radical (unpaired) electrons. The van der Waals surface area contributed by atoms with Crippen LogP contribution in [0.1, 0.15) is 35.8 Å². The molecule has 3 N–H and O–H groups in total. The number of likely N-dealkylation sites (tertiary alicyclic amines) is 1. The van der Waals surface area contributed by atoms with Crippen LogP contribution in [-0.4, -0.2) is 52.3 Å². The summed E-state index contributed by atoms with van der Waals surface area (Å²) in [4.78, 5) is 19.1. The van der Waals surface area contributed by atoms with E-state index in [9.17, 15) is 4.79 Å². The van der Waals surface area contributed by atoms with E-state index in [2.05, 4.69) is 38.8 Å². The number of amides is 1. The average Bonchev–Trinajstić information content (AvgIpc) is 3.49. The largest absolute Gasteiger partial charge is 0.355 e. The molecule has 1 fully saturated rings. The Morgan fingerprint density at radius 2 is 1.91 bits per heavy atom. The van der Waals surface area contributed by atoms with E-state index in [0.29, 0.717) is 27.8 Å². The highest BCUT2D eigenvalue weighted by Gasteiger charge is 2.15. The van der Waals surface area contributed by atoms with Crippen LogP contribution in [-0.2, 0) is 13.0 Å². The molecule has 174 valence electrons. The topological polar surface area (TPSA) is 87.1 Å². The molecular weight excluding hydrogens is 438 g/mol. The van der Waals surface area contributed by atoms with Gasteiger partial charge in [0.15, 0.2) is 0 Å². The van der Waals surface area contributed by atoms with Crippen molar-refractivity contribution in [1.29, 1.82) is 0 Å². The number of aromatic nitrogens is 3. The second-order valence-corrected chi connectivity index (χ2v) is 8.47. The van der Waals surface area contributed by atoms with Gasteiger partial charge in [0.1, 0.15) is 11.6 Å². The van der Waals surface area contributed by atoms with Gasteiger partial charge in [-0.15, -0.1) is 0 Å². The summed E-state index contributed by atoms with van der Waals surface area (Å²) in [6, 6.07) is 11.2. The molecule has 0 saturated carbocycles. The predicted octanol–water partition coefficient (Wildman–Crippen LogP) is 4.44. The first-order chi connectivity index (χ1) is 16.1. The van der Waals surface area contributed by atoms with Crippen molar-refractivity contribution in [2.75, 3.05) is 37.3 Å². The zero-order chi connectivity index (χ0) is 23.2. The number of aryl methyl sites for hydroxylation is 1. The number of halogens is 1. The van der Waals surface area contributed by atoms with E-state index in [-0.39, 0.29) is 5.91 Å². The summed E-state index contributed by atoms with van der Waals surface area (Å²) in [6.45, 7) is 6.24. The van der Waals surface area contributed by atoms with Gasteiger partial charge in [0.05, 0.1) is 33.9 Å². The Morgan fingerprint density at radius 1 is 1.12 bits per heavy atom. The van der Waals surface area contributed by atoms with E-state index < -0.39 is 0 Å². The summed E-state index contributed by atoms with van der Waals surface area (Å²) in [6.07, 6.45) is 5.11. The van der Waals surface area contributed by atoms with Crippen LogP contribution in [0.3, 0.4) is 0 Å². The minimum Gasteiger partial charge on any atom is -0.355 e. The molecule has 3 heterocycles. The lowest BCUT2D eigenvalue weighted by molar-refractivity contribution is 0.0964. The Labute approximate surface area is 199 Å². The van der Waals surface area contributed by atoms with Crippen LogP contribution in [0.4, 0.5) is 23.0 Å². The molecule has 4 rings (SSSR count). The van der Waals surface area contributed by atoms with Crippen LogP contribution in [0.15, 0.2) is 42.6 Å². The molecular formula is C24H30ClN7O. The standard InChI is InChI=1S/C24H30ClN7O/c1-3-32-23(14-17(30-32)10-13-31-11-6-7-12-31)29-22-15-21(19(25)16-27-22)28-20-9-5-4-8-18(20)24(33)26-2/h4-5,8-9,14-16H,3,6-7,10-13H2,1-2H3,(H,26,33)(H2,27,28,29). The predicted molar refractivity (Wildman–Crippen MR) is 133 cm³/mol. The fourth-order valence-corrected chi connectivity index (χ4v) is 4.17. The molecule has 9 heteroatoms. The lowest BCUT2D eigenvalue weighted by Crippen LogP contribution is -2.22. The van der Waals surface area contributed by atoms with Crippen LogP contribution in [0.2, 0.25) is 5.02 Å². The number of hydrogen-bond donors (Lipinski definition) is 3. The second-order valence-electron chi connectivity index (χ2n) is 8.06. The van der Waals surface area contributed by atoms with Gasteiger partial charge in [-0.25, -0.2) is 9.67 Å². The van der Waals surface area contributed by atoms with Crippen LogP contribution in [0.25, 0.3) is 0 Å². The summed E-state index contributed by atoms with van der Waals surface area (Å²) in [7, 11) is 1.61. The van der Waals surface area contributed by atoms with E-state index in [1.54, 1.807) is 19.3 Å². The molecule has 0 atom stereocenters. The van der Waals surface area contributed by atoms with Crippen molar-refractivity contribution >= 4 is 40.5 Å². The Kier molecular flexibility index (Phi) is 7.47. The number of benzene rings is 1. The van der Waals surface area contributed by atoms with Crippen LogP contribution in [0, 0.1) is 0 Å². The molecule has 0 bridgehead atoms. The highest BCUT2D eigenvalue weighted by Crippen LogP contribution is 2.30. The second kappa shape index (κ2) is 10.7. The summed E-state index contributed by atoms with van der Waals surface area (Å²) < 4.78 is 1.95. The quantitative estimate of drug-likeness (QED) is 0.431. The molecule has 33 heavy (non-hydrogen) atoms. The molecule has 1 saturated heterocycles. The first kappa shape index (κ1) is 23.1. The number of nitrogens with one attached hydrogen (secondary N) is 3. The Balaban J connectivity index is 1.51. The number of anilines is 4. The van der Waals surface area contributed by atoms with Crippen molar-refractivity contribution in [1.82, 2.24) is 25.0 Å². The number of carbonyl (C=O) groups is 1. The summed E-state index contributed by atoms with van der Waals surface area (Å²) in [5.74, 6) is 1.36. The number of hydrogen-bond acceptors (Lipinski definition) is 6. The fraction of sp³-hybridized carbons (Fsp3) is 0.375. The monoisotopic (exact) mass is 467 g/mol. The van der Waals surface area contributed by atoms with Gasteiger partial charge < -0.3 is 20.9 Å². The number of nitrogens with zero attached hydrogens (tertiary/aromatic N) is 4. The molecule has 1 aromatic carbocycles. The van der Waals surface area contributed by atoms with Gasteiger partial charge in [-0.1, -0.05) is 23.7 Å². The van der Waals surface area contributed by atoms with E-state index in [1.807, 2.05) is 28.9 Å². The molecule has 2 aromatic heterocycles. The maximum Gasteiger partial charge on any atom is 0.253 e. The average molecular weight is 468 g/mol. The summed E-state index contributed by atoms with van der Waals surface area (Å²) in [5.41, 5.74) is 2.92. The third-order valence-corrected chi connectivity index (χ3v) is 6.09. The molecule has 8 nitrogen and oxygen atoms in total. The van der Waals surface area contributed by atoms with E-state index in [1.165, 1.54) is 25.9 Å². The van der Waals surface area contributed by atoms with Gasteiger partial charge in [0.2, 0.25) is 0 Å². The van der Waals surface area contributed by atoms with Gasteiger partial charge in [0, 0.05) is 38.7 Å². The van der Waals surface area contributed by atoms with E-state index in [0.717, 1.165) is 31.0 Å². The Bertz CT molecular complexity index is 1110. The zero-order valence-electron chi connectivity index (χ0n) is 19.1. The highest BCUT2D eigenvalue weighted by molar-refractivity contribution is 6.33. The number of para-hydroxylation sites is 1.